The van der Waals surface area contributed by atoms with Crippen LogP contribution in [-0.2, 0) is 16.4 Å². The Balaban J connectivity index is 2.07. The second-order valence-corrected chi connectivity index (χ2v) is 7.11. The minimum Gasteiger partial charge on any atom is -0.406 e. The Morgan fingerprint density at radius 2 is 1.60 bits per heavy atom. The Kier molecular flexibility index (Phi) is 5.94. The first-order chi connectivity index (χ1) is 11.7. The molecule has 0 spiro atoms. The van der Waals surface area contributed by atoms with E-state index in [0.29, 0.717) is 0 Å². The maximum atomic E-state index is 12.3. The van der Waals surface area contributed by atoms with Crippen molar-refractivity contribution >= 4 is 15.7 Å². The normalized spacial score (nSPS) is 12.0. The first-order valence-electron chi connectivity index (χ1n) is 7.67. The monoisotopic (exact) mass is 373 g/mol. The summed E-state index contributed by atoms with van der Waals surface area (Å²) in [6.07, 6.45) is -1.84. The van der Waals surface area contributed by atoms with Crippen molar-refractivity contribution in [1.29, 1.82) is 0 Å². The van der Waals surface area contributed by atoms with Gasteiger partial charge in [-0.2, -0.15) is 0 Å². The highest BCUT2D eigenvalue weighted by Gasteiger charge is 2.31. The molecule has 0 unspecified atom stereocenters. The molecule has 25 heavy (non-hydrogen) atoms. The quantitative estimate of drug-likeness (QED) is 0.763. The molecule has 0 saturated heterocycles. The van der Waals surface area contributed by atoms with Gasteiger partial charge >= 0.3 is 6.36 Å². The molecule has 1 N–H and O–H groups in total. The van der Waals surface area contributed by atoms with Crippen molar-refractivity contribution in [2.24, 2.45) is 0 Å². The summed E-state index contributed by atoms with van der Waals surface area (Å²) in [6.45, 7) is 2.08. The van der Waals surface area contributed by atoms with E-state index in [4.69, 9.17) is 0 Å². The van der Waals surface area contributed by atoms with Crippen LogP contribution >= 0.6 is 0 Å². The van der Waals surface area contributed by atoms with E-state index in [1.165, 1.54) is 24.3 Å². The molecule has 4 nitrogen and oxygen atoms in total. The van der Waals surface area contributed by atoms with E-state index in [1.807, 2.05) is 0 Å². The molecule has 0 fully saturated rings. The molecule has 0 atom stereocenters. The molecule has 0 heterocycles. The van der Waals surface area contributed by atoms with E-state index < -0.39 is 22.1 Å². The predicted molar refractivity (Wildman–Crippen MR) is 89.0 cm³/mol. The molecule has 0 saturated carbocycles. The summed E-state index contributed by atoms with van der Waals surface area (Å²) >= 11 is 0. The van der Waals surface area contributed by atoms with E-state index in [1.54, 1.807) is 12.1 Å². The van der Waals surface area contributed by atoms with Crippen LogP contribution in [0.2, 0.25) is 0 Å². The van der Waals surface area contributed by atoms with Gasteiger partial charge in [-0.3, -0.25) is 4.72 Å². The Bertz CT molecular complexity index is 785. The number of nitrogens with one attached hydrogen (secondary N) is 1. The number of sulfonamides is 1. The van der Waals surface area contributed by atoms with Crippen molar-refractivity contribution in [2.45, 2.75) is 37.4 Å². The maximum Gasteiger partial charge on any atom is 0.573 e. The standard InChI is InChI=1S/C17H18F3NO3S/c1-2-3-4-13-5-11-16(12-6-13)25(22,23)21-14-7-9-15(10-8-14)24-17(18,19)20/h5-12,21H,2-4H2,1H3. The number of hydrogen-bond acceptors (Lipinski definition) is 3. The van der Waals surface area contributed by atoms with E-state index in [0.717, 1.165) is 37.0 Å². The molecule has 0 aliphatic rings. The molecule has 2 aromatic carbocycles. The minimum absolute atomic E-state index is 0.0865. The lowest BCUT2D eigenvalue weighted by Gasteiger charge is -2.11. The summed E-state index contributed by atoms with van der Waals surface area (Å²) in [6, 6.07) is 11.0. The summed E-state index contributed by atoms with van der Waals surface area (Å²) in [5.41, 5.74) is 1.19. The predicted octanol–water partition coefficient (Wildman–Crippen LogP) is 4.73. The Hall–Kier alpha value is -2.22. The molecule has 0 aliphatic heterocycles. The van der Waals surface area contributed by atoms with E-state index in [2.05, 4.69) is 16.4 Å². The van der Waals surface area contributed by atoms with Crippen molar-refractivity contribution in [3.05, 3.63) is 54.1 Å². The zero-order valence-electron chi connectivity index (χ0n) is 13.5. The average Bonchev–Trinajstić information content (AvgIpc) is 2.53. The second kappa shape index (κ2) is 7.77. The van der Waals surface area contributed by atoms with Crippen molar-refractivity contribution in [3.63, 3.8) is 0 Å². The lowest BCUT2D eigenvalue weighted by Crippen LogP contribution is -2.17. The molecule has 8 heteroatoms. The van der Waals surface area contributed by atoms with Crippen LogP contribution in [0.3, 0.4) is 0 Å². The summed E-state index contributed by atoms with van der Waals surface area (Å²) < 4.78 is 67.0. The van der Waals surface area contributed by atoms with Gasteiger partial charge in [-0.1, -0.05) is 25.5 Å². The van der Waals surface area contributed by atoms with Crippen LogP contribution in [0.1, 0.15) is 25.3 Å². The highest BCUT2D eigenvalue weighted by atomic mass is 32.2. The fourth-order valence-electron chi connectivity index (χ4n) is 2.15. The zero-order valence-corrected chi connectivity index (χ0v) is 14.3. The number of rotatable bonds is 7. The van der Waals surface area contributed by atoms with Crippen LogP contribution in [0.15, 0.2) is 53.4 Å². The molecule has 0 bridgehead atoms. The van der Waals surface area contributed by atoms with Gasteiger partial charge < -0.3 is 4.74 Å². The number of ether oxygens (including phenoxy) is 1. The van der Waals surface area contributed by atoms with Gasteiger partial charge in [0.2, 0.25) is 0 Å². The fraction of sp³-hybridized carbons (Fsp3) is 0.294. The molecule has 2 aromatic rings. The highest BCUT2D eigenvalue weighted by Crippen LogP contribution is 2.25. The van der Waals surface area contributed by atoms with E-state index in [-0.39, 0.29) is 10.6 Å². The zero-order chi connectivity index (χ0) is 18.5. The van der Waals surface area contributed by atoms with Crippen molar-refractivity contribution in [3.8, 4) is 5.75 Å². The van der Waals surface area contributed by atoms with Crippen LogP contribution in [0.25, 0.3) is 0 Å². The third-order valence-corrected chi connectivity index (χ3v) is 4.79. The summed E-state index contributed by atoms with van der Waals surface area (Å²) in [5, 5.41) is 0. The number of aryl methyl sites for hydroxylation is 1. The summed E-state index contributed by atoms with van der Waals surface area (Å²) in [5.74, 6) is -0.421. The smallest absolute Gasteiger partial charge is 0.406 e. The van der Waals surface area contributed by atoms with Crippen LogP contribution in [0.4, 0.5) is 18.9 Å². The SMILES string of the molecule is CCCCc1ccc(S(=O)(=O)Nc2ccc(OC(F)(F)F)cc2)cc1. The van der Waals surface area contributed by atoms with Gasteiger partial charge in [-0.25, -0.2) is 8.42 Å². The molecule has 0 radical (unpaired) electrons. The fourth-order valence-corrected chi connectivity index (χ4v) is 3.21. The molecule has 0 aliphatic carbocycles. The van der Waals surface area contributed by atoms with Gasteiger partial charge in [-0.15, -0.1) is 13.2 Å². The van der Waals surface area contributed by atoms with Gasteiger partial charge in [0.05, 0.1) is 4.90 Å². The third kappa shape index (κ3) is 5.97. The largest absolute Gasteiger partial charge is 0.573 e. The third-order valence-electron chi connectivity index (χ3n) is 3.39. The first-order valence-corrected chi connectivity index (χ1v) is 9.15. The number of halogens is 3. The first kappa shape index (κ1) is 19.1. The van der Waals surface area contributed by atoms with Crippen LogP contribution in [-0.4, -0.2) is 14.8 Å². The Labute approximate surface area is 144 Å². The lowest BCUT2D eigenvalue weighted by atomic mass is 10.1. The maximum absolute atomic E-state index is 12.3. The number of alkyl halides is 3. The molecule has 2 rings (SSSR count). The Morgan fingerprint density at radius 1 is 1.00 bits per heavy atom. The van der Waals surface area contributed by atoms with Crippen LogP contribution in [0.5, 0.6) is 5.75 Å². The van der Waals surface area contributed by atoms with Gasteiger partial charge in [0.25, 0.3) is 10.0 Å². The molecule has 0 amide bonds. The lowest BCUT2D eigenvalue weighted by molar-refractivity contribution is -0.274. The number of hydrogen-bond donors (Lipinski definition) is 1. The molecule has 136 valence electrons. The highest BCUT2D eigenvalue weighted by molar-refractivity contribution is 7.92. The number of benzene rings is 2. The topological polar surface area (TPSA) is 55.4 Å². The van der Waals surface area contributed by atoms with Gasteiger partial charge in [0.15, 0.2) is 0 Å². The van der Waals surface area contributed by atoms with Gasteiger partial charge in [0, 0.05) is 5.69 Å². The average molecular weight is 373 g/mol. The summed E-state index contributed by atoms with van der Waals surface area (Å²) in [4.78, 5) is 0.0865. The number of unbranched alkanes of at least 4 members (excludes halogenated alkanes) is 1. The van der Waals surface area contributed by atoms with Gasteiger partial charge in [0.1, 0.15) is 5.75 Å². The van der Waals surface area contributed by atoms with Crippen molar-refractivity contribution in [2.75, 3.05) is 4.72 Å². The minimum atomic E-state index is -4.79. The Morgan fingerprint density at radius 3 is 2.12 bits per heavy atom. The second-order valence-electron chi connectivity index (χ2n) is 5.43. The van der Waals surface area contributed by atoms with Crippen LogP contribution < -0.4 is 9.46 Å². The van der Waals surface area contributed by atoms with Crippen molar-refractivity contribution in [1.82, 2.24) is 0 Å². The molecular formula is C17H18F3NO3S. The van der Waals surface area contributed by atoms with E-state index >= 15 is 0 Å². The van der Waals surface area contributed by atoms with Gasteiger partial charge in [-0.05, 0) is 54.8 Å². The van der Waals surface area contributed by atoms with Crippen LogP contribution in [0, 0.1) is 0 Å². The molecule has 0 aromatic heterocycles. The molecular weight excluding hydrogens is 355 g/mol. The summed E-state index contributed by atoms with van der Waals surface area (Å²) in [7, 11) is -3.81. The van der Waals surface area contributed by atoms with E-state index in [9.17, 15) is 21.6 Å². The van der Waals surface area contributed by atoms with Crippen molar-refractivity contribution < 1.29 is 26.3 Å². The number of anilines is 1.